The highest BCUT2D eigenvalue weighted by Gasteiger charge is 2.41. The van der Waals surface area contributed by atoms with Gasteiger partial charge in [0.2, 0.25) is 0 Å². The van der Waals surface area contributed by atoms with Gasteiger partial charge in [0.25, 0.3) is 0 Å². The quantitative estimate of drug-likeness (QED) is 0.615. The number of carbonyl (C=O) groups excluding carboxylic acids is 1. The Labute approximate surface area is 168 Å². The zero-order valence-electron chi connectivity index (χ0n) is 15.2. The molecular formula is C17H22F3N3O3S2. The van der Waals surface area contributed by atoms with E-state index in [2.05, 4.69) is 15.3 Å². The van der Waals surface area contributed by atoms with Crippen molar-refractivity contribution in [2.45, 2.75) is 45.1 Å². The smallest absolute Gasteiger partial charge is 0.390 e. The number of halogens is 3. The van der Waals surface area contributed by atoms with Crippen LogP contribution >= 0.6 is 22.7 Å². The number of thiazole rings is 2. The van der Waals surface area contributed by atoms with E-state index in [0.29, 0.717) is 23.5 Å². The van der Waals surface area contributed by atoms with Gasteiger partial charge in [0.05, 0.1) is 35.4 Å². The Morgan fingerprint density at radius 1 is 1.21 bits per heavy atom. The van der Waals surface area contributed by atoms with E-state index >= 15 is 0 Å². The summed E-state index contributed by atoms with van der Waals surface area (Å²) in [7, 11) is 1.81. The number of aldehydes is 1. The molecule has 1 aliphatic carbocycles. The maximum atomic E-state index is 12.1. The van der Waals surface area contributed by atoms with E-state index in [9.17, 15) is 23.1 Å². The molecule has 0 aliphatic heterocycles. The summed E-state index contributed by atoms with van der Waals surface area (Å²) in [6, 6.07) is 0. The summed E-state index contributed by atoms with van der Waals surface area (Å²) in [4.78, 5) is 19.5. The van der Waals surface area contributed by atoms with Gasteiger partial charge in [-0.25, -0.2) is 9.97 Å². The first-order valence-electron chi connectivity index (χ1n) is 8.68. The van der Waals surface area contributed by atoms with Gasteiger partial charge < -0.3 is 20.3 Å². The molecule has 3 rings (SSSR count). The van der Waals surface area contributed by atoms with E-state index in [1.54, 1.807) is 7.05 Å². The first-order valence-corrected chi connectivity index (χ1v) is 10.4. The fraction of sp³-hybridized carbons (Fsp3) is 0.588. The molecule has 2 aromatic heterocycles. The second-order valence-electron chi connectivity index (χ2n) is 6.28. The fourth-order valence-electron chi connectivity index (χ4n) is 2.85. The lowest BCUT2D eigenvalue weighted by Crippen LogP contribution is -2.28. The Balaban J connectivity index is 0.000000209. The molecule has 1 aliphatic rings. The van der Waals surface area contributed by atoms with Crippen molar-refractivity contribution in [1.82, 2.24) is 9.97 Å². The van der Waals surface area contributed by atoms with Crippen LogP contribution in [-0.2, 0) is 18.0 Å². The summed E-state index contributed by atoms with van der Waals surface area (Å²) in [5.74, 6) is -1.31. The zero-order chi connectivity index (χ0) is 20.7. The van der Waals surface area contributed by atoms with Crippen LogP contribution < -0.4 is 5.32 Å². The van der Waals surface area contributed by atoms with Crippen molar-refractivity contribution in [1.29, 1.82) is 0 Å². The number of rotatable bonds is 5. The number of aliphatic hydroxyl groups is 2. The van der Waals surface area contributed by atoms with Crippen LogP contribution in [0.25, 0.3) is 10.6 Å². The van der Waals surface area contributed by atoms with Gasteiger partial charge in [-0.1, -0.05) is 0 Å². The highest BCUT2D eigenvalue weighted by molar-refractivity contribution is 7.16. The van der Waals surface area contributed by atoms with Crippen LogP contribution in [0.2, 0.25) is 0 Å². The van der Waals surface area contributed by atoms with Crippen molar-refractivity contribution in [3.8, 4) is 10.6 Å². The molecule has 1 fully saturated rings. The minimum atomic E-state index is -4.06. The molecule has 0 atom stereocenters. The van der Waals surface area contributed by atoms with Gasteiger partial charge in [-0.05, 0) is 25.7 Å². The van der Waals surface area contributed by atoms with Gasteiger partial charge in [0.15, 0.2) is 5.13 Å². The Morgan fingerprint density at radius 3 is 2.36 bits per heavy atom. The summed E-state index contributed by atoms with van der Waals surface area (Å²) in [5, 5.41) is 24.5. The van der Waals surface area contributed by atoms with Crippen LogP contribution in [0.3, 0.4) is 0 Å². The number of nitrogens with one attached hydrogen (secondary N) is 1. The SMILES string of the molecule is CNc1nc(-c2sc(CO)nc2CO)cs1.O=CC1CCC(C(F)(F)F)CC1. The number of aromatic nitrogens is 2. The van der Waals surface area contributed by atoms with Crippen LogP contribution in [-0.4, -0.2) is 39.7 Å². The third-order valence-corrected chi connectivity index (χ3v) is 6.37. The largest absolute Gasteiger partial charge is 0.391 e. The maximum Gasteiger partial charge on any atom is 0.391 e. The monoisotopic (exact) mass is 437 g/mol. The van der Waals surface area contributed by atoms with Crippen molar-refractivity contribution in [3.63, 3.8) is 0 Å². The average Bonchev–Trinajstić information content (AvgIpc) is 3.34. The van der Waals surface area contributed by atoms with E-state index in [0.717, 1.165) is 22.0 Å². The second-order valence-corrected chi connectivity index (χ2v) is 8.22. The van der Waals surface area contributed by atoms with Gasteiger partial charge in [-0.15, -0.1) is 22.7 Å². The number of alkyl halides is 3. The summed E-state index contributed by atoms with van der Waals surface area (Å²) < 4.78 is 36.3. The molecule has 6 nitrogen and oxygen atoms in total. The van der Waals surface area contributed by atoms with Gasteiger partial charge in [0, 0.05) is 18.3 Å². The van der Waals surface area contributed by atoms with Gasteiger partial charge in [-0.3, -0.25) is 0 Å². The van der Waals surface area contributed by atoms with Crippen molar-refractivity contribution in [3.05, 3.63) is 16.1 Å². The van der Waals surface area contributed by atoms with E-state index < -0.39 is 12.1 Å². The summed E-state index contributed by atoms with van der Waals surface area (Å²) in [5.41, 5.74) is 1.36. The van der Waals surface area contributed by atoms with Crippen LogP contribution in [0.4, 0.5) is 18.3 Å². The fourth-order valence-corrected chi connectivity index (χ4v) is 4.48. The molecule has 3 N–H and O–H groups in total. The molecule has 0 amide bonds. The Hall–Kier alpha value is -1.56. The minimum absolute atomic E-state index is 0.110. The molecule has 0 radical (unpaired) electrons. The van der Waals surface area contributed by atoms with Crippen LogP contribution in [0, 0.1) is 11.8 Å². The third kappa shape index (κ3) is 5.97. The highest BCUT2D eigenvalue weighted by atomic mass is 32.1. The lowest BCUT2D eigenvalue weighted by atomic mass is 9.82. The number of nitrogens with zero attached hydrogens (tertiary/aromatic N) is 2. The highest BCUT2D eigenvalue weighted by Crippen LogP contribution is 2.38. The van der Waals surface area contributed by atoms with Crippen molar-refractivity contribution in [2.75, 3.05) is 12.4 Å². The van der Waals surface area contributed by atoms with Crippen molar-refractivity contribution < 1.29 is 28.2 Å². The number of aliphatic hydroxyl groups excluding tert-OH is 2. The Morgan fingerprint density at radius 2 is 1.89 bits per heavy atom. The molecule has 0 saturated heterocycles. The first kappa shape index (κ1) is 22.7. The molecule has 0 bridgehead atoms. The maximum absolute atomic E-state index is 12.1. The minimum Gasteiger partial charge on any atom is -0.390 e. The van der Waals surface area contributed by atoms with Gasteiger partial charge >= 0.3 is 6.18 Å². The summed E-state index contributed by atoms with van der Waals surface area (Å²) in [6.07, 6.45) is -2.26. The van der Waals surface area contributed by atoms with E-state index in [1.165, 1.54) is 22.7 Å². The van der Waals surface area contributed by atoms with E-state index in [-0.39, 0.29) is 32.0 Å². The molecule has 156 valence electrons. The number of hydrogen-bond donors (Lipinski definition) is 3. The molecule has 11 heteroatoms. The molecule has 0 unspecified atom stereocenters. The standard InChI is InChI=1S/C9H11N3O2S2.C8H11F3O/c1-10-9-12-6(4-15-9)8-5(2-13)11-7(3-14)16-8;9-8(10,11)7-3-1-6(5-12)2-4-7/h4,13-14H,2-3H2,1H3,(H,10,12);5-7H,1-4H2. The summed E-state index contributed by atoms with van der Waals surface area (Å²) >= 11 is 2.85. The normalized spacial score (nSPS) is 19.6. The number of carbonyl (C=O) groups is 1. The Kier molecular flexibility index (Phi) is 8.35. The summed E-state index contributed by atoms with van der Waals surface area (Å²) in [6.45, 7) is -0.251. The van der Waals surface area contributed by atoms with E-state index in [4.69, 9.17) is 5.11 Å². The molecule has 2 aromatic rings. The van der Waals surface area contributed by atoms with Crippen molar-refractivity contribution >= 4 is 34.1 Å². The van der Waals surface area contributed by atoms with Gasteiger partial charge in [0.1, 0.15) is 11.3 Å². The lowest BCUT2D eigenvalue weighted by Gasteiger charge is -2.26. The van der Waals surface area contributed by atoms with E-state index in [1.807, 2.05) is 5.38 Å². The predicted molar refractivity (Wildman–Crippen MR) is 102 cm³/mol. The zero-order valence-corrected chi connectivity index (χ0v) is 16.8. The number of hydrogen-bond acceptors (Lipinski definition) is 8. The molecule has 0 spiro atoms. The second kappa shape index (κ2) is 10.3. The molecule has 1 saturated carbocycles. The molecule has 0 aromatic carbocycles. The lowest BCUT2D eigenvalue weighted by molar-refractivity contribution is -0.184. The topological polar surface area (TPSA) is 95.3 Å². The third-order valence-electron chi connectivity index (χ3n) is 4.40. The predicted octanol–water partition coefficient (Wildman–Crippen LogP) is 3.85. The van der Waals surface area contributed by atoms with Gasteiger partial charge in [-0.2, -0.15) is 13.2 Å². The van der Waals surface area contributed by atoms with Crippen LogP contribution in [0.5, 0.6) is 0 Å². The first-order chi connectivity index (χ1) is 13.3. The molecule has 28 heavy (non-hydrogen) atoms. The van der Waals surface area contributed by atoms with Crippen LogP contribution in [0.1, 0.15) is 36.4 Å². The average molecular weight is 438 g/mol. The molecular weight excluding hydrogens is 415 g/mol. The Bertz CT molecular complexity index is 756. The van der Waals surface area contributed by atoms with Crippen molar-refractivity contribution in [2.24, 2.45) is 11.8 Å². The number of anilines is 1. The molecule has 2 heterocycles. The van der Waals surface area contributed by atoms with Crippen LogP contribution in [0.15, 0.2) is 5.38 Å².